The summed E-state index contributed by atoms with van der Waals surface area (Å²) in [5, 5.41) is 15.6. The molecule has 38 heavy (non-hydrogen) atoms. The van der Waals surface area contributed by atoms with Crippen LogP contribution in [0.25, 0.3) is 21.9 Å². The Bertz CT molecular complexity index is 1690. The van der Waals surface area contributed by atoms with Crippen LogP contribution in [0.3, 0.4) is 0 Å². The van der Waals surface area contributed by atoms with Crippen LogP contribution in [0.2, 0.25) is 5.02 Å². The standard InChI is InChI=1S/C28H30ClN3O5S/c1-5-23(34)26-25(18-9-7-6-8-10-18)22-13-19(29)11-12-21(22)27(35)31(26)15-20-14-24(38(4,36)37)32(30-20)16-28(2,3)17-33/h6-14,33H,5,15-17H2,1-4H3. The number of rotatable bonds is 9. The number of aromatic nitrogens is 3. The van der Waals surface area contributed by atoms with Gasteiger partial charge in [0.25, 0.3) is 5.56 Å². The van der Waals surface area contributed by atoms with Gasteiger partial charge in [-0.05, 0) is 29.1 Å². The Morgan fingerprint density at radius 3 is 2.37 bits per heavy atom. The zero-order valence-electron chi connectivity index (χ0n) is 21.7. The van der Waals surface area contributed by atoms with Crippen LogP contribution in [-0.2, 0) is 22.9 Å². The number of halogens is 1. The van der Waals surface area contributed by atoms with Crippen LogP contribution in [0, 0.1) is 5.41 Å². The highest BCUT2D eigenvalue weighted by Gasteiger charge is 2.27. The third-order valence-corrected chi connectivity index (χ3v) is 7.70. The number of sulfone groups is 1. The van der Waals surface area contributed by atoms with Crippen LogP contribution in [0.5, 0.6) is 0 Å². The molecule has 1 N–H and O–H groups in total. The summed E-state index contributed by atoms with van der Waals surface area (Å²) in [7, 11) is -3.67. The maximum absolute atomic E-state index is 13.8. The molecule has 2 aromatic carbocycles. The Morgan fingerprint density at radius 1 is 1.08 bits per heavy atom. The fourth-order valence-electron chi connectivity index (χ4n) is 4.48. The van der Waals surface area contributed by atoms with Crippen molar-refractivity contribution in [2.24, 2.45) is 5.41 Å². The minimum absolute atomic E-state index is 0.0266. The minimum Gasteiger partial charge on any atom is -0.396 e. The fourth-order valence-corrected chi connectivity index (χ4v) is 5.49. The lowest BCUT2D eigenvalue weighted by Crippen LogP contribution is -2.28. The molecule has 0 spiro atoms. The first-order valence-corrected chi connectivity index (χ1v) is 14.5. The molecule has 0 bridgehead atoms. The van der Waals surface area contributed by atoms with Gasteiger partial charge in [-0.3, -0.25) is 18.8 Å². The van der Waals surface area contributed by atoms with Crippen LogP contribution in [0.1, 0.15) is 43.4 Å². The van der Waals surface area contributed by atoms with Crippen molar-refractivity contribution >= 4 is 38.0 Å². The number of aliphatic hydroxyl groups excluding tert-OH is 1. The Labute approximate surface area is 226 Å². The number of benzene rings is 2. The second-order valence-corrected chi connectivity index (χ2v) is 12.6. The second kappa shape index (κ2) is 10.5. The number of Topliss-reactive ketones (excluding diaryl/α,β-unsaturated/α-hetero) is 1. The van der Waals surface area contributed by atoms with Crippen molar-refractivity contribution < 1.29 is 18.3 Å². The van der Waals surface area contributed by atoms with Crippen LogP contribution < -0.4 is 5.56 Å². The molecule has 0 amide bonds. The monoisotopic (exact) mass is 555 g/mol. The highest BCUT2D eigenvalue weighted by molar-refractivity contribution is 7.90. The van der Waals surface area contributed by atoms with Gasteiger partial charge in [0.1, 0.15) is 0 Å². The third kappa shape index (κ3) is 5.45. The molecule has 0 saturated carbocycles. The SMILES string of the molecule is CCC(=O)c1c(-c2ccccc2)c2cc(Cl)ccc2c(=O)n1Cc1cc(S(C)(=O)=O)n(CC(C)(C)CO)n1. The lowest BCUT2D eigenvalue weighted by Gasteiger charge is -2.22. The van der Waals surface area contributed by atoms with E-state index in [2.05, 4.69) is 5.10 Å². The predicted molar refractivity (Wildman–Crippen MR) is 149 cm³/mol. The smallest absolute Gasteiger partial charge is 0.259 e. The number of fused-ring (bicyclic) bond motifs is 1. The van der Waals surface area contributed by atoms with Crippen LogP contribution in [0.4, 0.5) is 0 Å². The molecule has 0 aliphatic rings. The Morgan fingerprint density at radius 2 is 1.76 bits per heavy atom. The molecule has 4 rings (SSSR count). The third-order valence-electron chi connectivity index (χ3n) is 6.38. The largest absolute Gasteiger partial charge is 0.396 e. The Hall–Kier alpha value is -3.27. The van der Waals surface area contributed by atoms with E-state index >= 15 is 0 Å². The van der Waals surface area contributed by atoms with E-state index in [0.717, 1.165) is 11.8 Å². The van der Waals surface area contributed by atoms with Gasteiger partial charge in [0.2, 0.25) is 0 Å². The molecule has 2 heterocycles. The number of aliphatic hydroxyl groups is 1. The first-order chi connectivity index (χ1) is 17.9. The van der Waals surface area contributed by atoms with E-state index < -0.39 is 20.8 Å². The van der Waals surface area contributed by atoms with E-state index in [0.29, 0.717) is 27.1 Å². The number of carbonyl (C=O) groups excluding carboxylic acids is 1. The van der Waals surface area contributed by atoms with Crippen LogP contribution in [0.15, 0.2) is 64.4 Å². The summed E-state index contributed by atoms with van der Waals surface area (Å²) in [6, 6.07) is 15.7. The van der Waals surface area contributed by atoms with Gasteiger partial charge in [0, 0.05) is 53.3 Å². The molecule has 0 unspecified atom stereocenters. The van der Waals surface area contributed by atoms with Gasteiger partial charge in [0.05, 0.1) is 17.9 Å². The molecular weight excluding hydrogens is 526 g/mol. The molecular formula is C28H30ClN3O5S. The molecule has 8 nitrogen and oxygen atoms in total. The van der Waals surface area contributed by atoms with Crippen molar-refractivity contribution in [2.75, 3.05) is 12.9 Å². The van der Waals surface area contributed by atoms with Crippen LogP contribution >= 0.6 is 11.6 Å². The van der Waals surface area contributed by atoms with E-state index in [4.69, 9.17) is 11.6 Å². The highest BCUT2D eigenvalue weighted by atomic mass is 35.5. The Balaban J connectivity index is 2.02. The van der Waals surface area contributed by atoms with Gasteiger partial charge >= 0.3 is 0 Å². The zero-order valence-corrected chi connectivity index (χ0v) is 23.3. The van der Waals surface area contributed by atoms with Gasteiger partial charge in [-0.25, -0.2) is 8.42 Å². The molecule has 0 fully saturated rings. The Kier molecular flexibility index (Phi) is 7.65. The minimum atomic E-state index is -3.67. The number of pyridine rings is 1. The molecule has 10 heteroatoms. The molecule has 0 atom stereocenters. The lowest BCUT2D eigenvalue weighted by atomic mass is 9.94. The van der Waals surface area contributed by atoms with E-state index in [9.17, 15) is 23.1 Å². The van der Waals surface area contributed by atoms with Crippen molar-refractivity contribution in [3.63, 3.8) is 0 Å². The predicted octanol–water partition coefficient (Wildman–Crippen LogP) is 4.58. The lowest BCUT2D eigenvalue weighted by molar-refractivity contribution is 0.0979. The quantitative estimate of drug-likeness (QED) is 0.303. The number of nitrogens with zero attached hydrogens (tertiary/aromatic N) is 3. The number of carbonyl (C=O) groups is 1. The normalized spacial score (nSPS) is 12.3. The summed E-state index contributed by atoms with van der Waals surface area (Å²) in [6.45, 7) is 5.17. The van der Waals surface area contributed by atoms with Gasteiger partial charge in [-0.1, -0.05) is 62.7 Å². The molecule has 2 aromatic heterocycles. The summed E-state index contributed by atoms with van der Waals surface area (Å²) >= 11 is 6.31. The molecule has 0 aliphatic heterocycles. The number of ketones is 1. The first kappa shape index (κ1) is 27.8. The highest BCUT2D eigenvalue weighted by Crippen LogP contribution is 2.33. The van der Waals surface area contributed by atoms with Gasteiger partial charge in [0.15, 0.2) is 20.6 Å². The van der Waals surface area contributed by atoms with Crippen molar-refractivity contribution in [3.05, 3.63) is 81.4 Å². The maximum atomic E-state index is 13.8. The van der Waals surface area contributed by atoms with Crippen molar-refractivity contribution in [2.45, 2.75) is 45.3 Å². The molecule has 0 radical (unpaired) electrons. The van der Waals surface area contributed by atoms with E-state index in [1.807, 2.05) is 30.3 Å². The number of hydrogen-bond acceptors (Lipinski definition) is 6. The van der Waals surface area contributed by atoms with E-state index in [1.165, 1.54) is 15.3 Å². The first-order valence-electron chi connectivity index (χ1n) is 12.2. The average Bonchev–Trinajstić information content (AvgIpc) is 3.27. The molecule has 4 aromatic rings. The summed E-state index contributed by atoms with van der Waals surface area (Å²) in [6.07, 6.45) is 1.24. The van der Waals surface area contributed by atoms with Crippen molar-refractivity contribution in [1.82, 2.24) is 14.3 Å². The summed E-state index contributed by atoms with van der Waals surface area (Å²) in [4.78, 5) is 27.2. The van der Waals surface area contributed by atoms with E-state index in [1.54, 1.807) is 39.0 Å². The summed E-state index contributed by atoms with van der Waals surface area (Å²) in [5.41, 5.74) is 0.810. The average molecular weight is 556 g/mol. The van der Waals surface area contributed by atoms with Crippen molar-refractivity contribution in [1.29, 1.82) is 0 Å². The zero-order chi connectivity index (χ0) is 27.8. The topological polar surface area (TPSA) is 111 Å². The number of hydrogen-bond donors (Lipinski definition) is 1. The summed E-state index contributed by atoms with van der Waals surface area (Å²) < 4.78 is 27.9. The van der Waals surface area contributed by atoms with Gasteiger partial charge < -0.3 is 5.11 Å². The van der Waals surface area contributed by atoms with E-state index in [-0.39, 0.29) is 42.6 Å². The maximum Gasteiger partial charge on any atom is 0.259 e. The molecule has 200 valence electrons. The molecule has 0 saturated heterocycles. The van der Waals surface area contributed by atoms with Gasteiger partial charge in [-0.15, -0.1) is 0 Å². The van der Waals surface area contributed by atoms with Crippen molar-refractivity contribution in [3.8, 4) is 11.1 Å². The van der Waals surface area contributed by atoms with Crippen LogP contribution in [-0.4, -0.2) is 46.5 Å². The summed E-state index contributed by atoms with van der Waals surface area (Å²) in [5.74, 6) is -0.244. The fraction of sp³-hybridized carbons (Fsp3) is 0.321. The van der Waals surface area contributed by atoms with Gasteiger partial charge in [-0.2, -0.15) is 5.10 Å². The molecule has 0 aliphatic carbocycles. The second-order valence-electron chi connectivity index (χ2n) is 10.2.